The molecule has 1 aliphatic rings. The van der Waals surface area contributed by atoms with Crippen LogP contribution < -0.4 is 4.72 Å². The molecule has 0 atom stereocenters. The number of alkyl halides is 3. The molecule has 2 heterocycles. The quantitative estimate of drug-likeness (QED) is 0.820. The maximum atomic E-state index is 12.5. The molecular weight excluding hydrogens is 387 g/mol. The van der Waals surface area contributed by atoms with E-state index in [1.807, 2.05) is 0 Å². The Hall–Kier alpha value is -1.59. The SMILES string of the molecule is CC(C)(C)NS(=O)(=O)c1ccc(C(=O)N2CCCN(CC(F)(F)F)CC2)o1. The van der Waals surface area contributed by atoms with Crippen molar-refractivity contribution in [1.82, 2.24) is 14.5 Å². The summed E-state index contributed by atoms with van der Waals surface area (Å²) in [5.41, 5.74) is -0.720. The molecule has 0 aliphatic carbocycles. The molecule has 1 N–H and O–H groups in total. The van der Waals surface area contributed by atoms with Crippen molar-refractivity contribution >= 4 is 15.9 Å². The fourth-order valence-corrected chi connectivity index (χ4v) is 4.13. The summed E-state index contributed by atoms with van der Waals surface area (Å²) < 4.78 is 69.7. The van der Waals surface area contributed by atoms with Crippen molar-refractivity contribution in [2.75, 3.05) is 32.7 Å². The first kappa shape index (κ1) is 21.7. The number of hydrogen-bond acceptors (Lipinski definition) is 5. The summed E-state index contributed by atoms with van der Waals surface area (Å²) in [5.74, 6) is -0.699. The first-order chi connectivity index (χ1) is 12.3. The van der Waals surface area contributed by atoms with Crippen LogP contribution >= 0.6 is 0 Å². The van der Waals surface area contributed by atoms with Crippen LogP contribution in [0.2, 0.25) is 0 Å². The maximum absolute atomic E-state index is 12.5. The molecule has 0 unspecified atom stereocenters. The van der Waals surface area contributed by atoms with Gasteiger partial charge in [-0.3, -0.25) is 9.69 Å². The summed E-state index contributed by atoms with van der Waals surface area (Å²) >= 11 is 0. The highest BCUT2D eigenvalue weighted by atomic mass is 32.2. The Kier molecular flexibility index (Phi) is 6.27. The molecule has 0 saturated carbocycles. The lowest BCUT2D eigenvalue weighted by molar-refractivity contribution is -0.145. The highest BCUT2D eigenvalue weighted by Gasteiger charge is 2.33. The lowest BCUT2D eigenvalue weighted by Gasteiger charge is -2.22. The maximum Gasteiger partial charge on any atom is 0.401 e. The van der Waals surface area contributed by atoms with Crippen molar-refractivity contribution in [3.05, 3.63) is 17.9 Å². The normalized spacial score (nSPS) is 17.8. The second kappa shape index (κ2) is 7.80. The van der Waals surface area contributed by atoms with Gasteiger partial charge in [0.25, 0.3) is 15.9 Å². The second-order valence-electron chi connectivity index (χ2n) is 7.51. The van der Waals surface area contributed by atoms with Gasteiger partial charge in [0, 0.05) is 31.7 Å². The topological polar surface area (TPSA) is 82.9 Å². The van der Waals surface area contributed by atoms with Gasteiger partial charge in [-0.25, -0.2) is 13.1 Å². The molecule has 0 aromatic carbocycles. The third-order valence-electron chi connectivity index (χ3n) is 3.78. The number of halogens is 3. The standard InChI is InChI=1S/C16H24F3N3O4S/c1-15(2,3)20-27(24,25)13-6-5-12(26-13)14(23)22-8-4-7-21(9-10-22)11-16(17,18)19/h5-6,20H,4,7-11H2,1-3H3. The molecule has 11 heteroatoms. The molecule has 0 radical (unpaired) electrons. The van der Waals surface area contributed by atoms with E-state index in [0.717, 1.165) is 0 Å². The Labute approximate surface area is 156 Å². The van der Waals surface area contributed by atoms with Gasteiger partial charge >= 0.3 is 6.18 Å². The zero-order valence-corrected chi connectivity index (χ0v) is 16.3. The largest absolute Gasteiger partial charge is 0.438 e. The number of amides is 1. The lowest BCUT2D eigenvalue weighted by atomic mass is 10.1. The summed E-state index contributed by atoms with van der Waals surface area (Å²) in [5, 5.41) is -0.380. The Morgan fingerprint density at radius 2 is 1.81 bits per heavy atom. The van der Waals surface area contributed by atoms with Gasteiger partial charge < -0.3 is 9.32 Å². The van der Waals surface area contributed by atoms with Crippen molar-refractivity contribution < 1.29 is 30.8 Å². The van der Waals surface area contributed by atoms with E-state index >= 15 is 0 Å². The van der Waals surface area contributed by atoms with Crippen LogP contribution in [0, 0.1) is 0 Å². The Morgan fingerprint density at radius 3 is 2.41 bits per heavy atom. The Morgan fingerprint density at radius 1 is 1.15 bits per heavy atom. The predicted molar refractivity (Wildman–Crippen MR) is 91.8 cm³/mol. The first-order valence-electron chi connectivity index (χ1n) is 8.49. The highest BCUT2D eigenvalue weighted by Crippen LogP contribution is 2.20. The van der Waals surface area contributed by atoms with Crippen molar-refractivity contribution in [3.63, 3.8) is 0 Å². The number of nitrogens with zero attached hydrogens (tertiary/aromatic N) is 2. The van der Waals surface area contributed by atoms with Gasteiger partial charge in [-0.15, -0.1) is 0 Å². The van der Waals surface area contributed by atoms with Gasteiger partial charge in [0.15, 0.2) is 5.76 Å². The molecule has 7 nitrogen and oxygen atoms in total. The average Bonchev–Trinajstić information content (AvgIpc) is 2.86. The number of hydrogen-bond donors (Lipinski definition) is 1. The van der Waals surface area contributed by atoms with E-state index < -0.39 is 34.2 Å². The van der Waals surface area contributed by atoms with Crippen LogP contribution in [-0.4, -0.2) is 68.6 Å². The van der Waals surface area contributed by atoms with Crippen LogP contribution in [0.3, 0.4) is 0 Å². The molecule has 1 fully saturated rings. The molecule has 27 heavy (non-hydrogen) atoms. The molecule has 154 valence electrons. The van der Waals surface area contributed by atoms with E-state index in [0.29, 0.717) is 6.42 Å². The van der Waals surface area contributed by atoms with E-state index in [4.69, 9.17) is 4.42 Å². The van der Waals surface area contributed by atoms with Crippen LogP contribution in [0.4, 0.5) is 13.2 Å². The second-order valence-corrected chi connectivity index (χ2v) is 9.12. The third kappa shape index (κ3) is 6.51. The number of nitrogens with one attached hydrogen (secondary N) is 1. The van der Waals surface area contributed by atoms with E-state index in [1.54, 1.807) is 20.8 Å². The van der Waals surface area contributed by atoms with Crippen LogP contribution in [0.15, 0.2) is 21.6 Å². The molecule has 1 aliphatic heterocycles. The Balaban J connectivity index is 2.05. The van der Waals surface area contributed by atoms with E-state index in [2.05, 4.69) is 4.72 Å². The van der Waals surface area contributed by atoms with Crippen LogP contribution in [0.25, 0.3) is 0 Å². The molecule has 1 aromatic rings. The van der Waals surface area contributed by atoms with Gasteiger partial charge in [-0.1, -0.05) is 0 Å². The predicted octanol–water partition coefficient (Wildman–Crippen LogP) is 2.07. The number of carbonyl (C=O) groups is 1. The van der Waals surface area contributed by atoms with E-state index in [9.17, 15) is 26.4 Å². The minimum absolute atomic E-state index is 0.0860. The van der Waals surface area contributed by atoms with Crippen LogP contribution in [-0.2, 0) is 10.0 Å². The fourth-order valence-electron chi connectivity index (χ4n) is 2.77. The van der Waals surface area contributed by atoms with Crippen LogP contribution in [0.1, 0.15) is 37.7 Å². The molecule has 2 rings (SSSR count). The molecule has 1 saturated heterocycles. The molecule has 1 aromatic heterocycles. The van der Waals surface area contributed by atoms with Crippen molar-refractivity contribution in [1.29, 1.82) is 0 Å². The number of carbonyl (C=O) groups excluding carboxylic acids is 1. The summed E-state index contributed by atoms with van der Waals surface area (Å²) in [4.78, 5) is 15.2. The number of sulfonamides is 1. The minimum Gasteiger partial charge on any atom is -0.438 e. The van der Waals surface area contributed by atoms with Crippen molar-refractivity contribution in [2.45, 2.75) is 44.0 Å². The highest BCUT2D eigenvalue weighted by molar-refractivity contribution is 7.89. The smallest absolute Gasteiger partial charge is 0.401 e. The molecular formula is C16H24F3N3O4S. The van der Waals surface area contributed by atoms with Gasteiger partial charge in [-0.2, -0.15) is 13.2 Å². The van der Waals surface area contributed by atoms with E-state index in [1.165, 1.54) is 21.9 Å². The summed E-state index contributed by atoms with van der Waals surface area (Å²) in [7, 11) is -3.92. The average molecular weight is 411 g/mol. The third-order valence-corrected chi connectivity index (χ3v) is 5.41. The first-order valence-corrected chi connectivity index (χ1v) is 9.97. The number of rotatable bonds is 4. The van der Waals surface area contributed by atoms with Crippen molar-refractivity contribution in [2.24, 2.45) is 0 Å². The zero-order valence-electron chi connectivity index (χ0n) is 15.5. The number of furan rings is 1. The summed E-state index contributed by atoms with van der Waals surface area (Å²) in [6, 6.07) is 2.45. The minimum atomic E-state index is -4.29. The van der Waals surface area contributed by atoms with Gasteiger partial charge in [0.05, 0.1) is 6.54 Å². The summed E-state index contributed by atoms with van der Waals surface area (Å²) in [6.07, 6.45) is -3.90. The zero-order chi connectivity index (χ0) is 20.5. The monoisotopic (exact) mass is 411 g/mol. The summed E-state index contributed by atoms with van der Waals surface area (Å²) in [6.45, 7) is 4.69. The van der Waals surface area contributed by atoms with Crippen molar-refractivity contribution in [3.8, 4) is 0 Å². The molecule has 1 amide bonds. The van der Waals surface area contributed by atoms with Gasteiger partial charge in [0.2, 0.25) is 5.09 Å². The van der Waals surface area contributed by atoms with E-state index in [-0.39, 0.29) is 37.0 Å². The van der Waals surface area contributed by atoms with Gasteiger partial charge in [0.1, 0.15) is 0 Å². The molecule has 0 bridgehead atoms. The molecule has 0 spiro atoms. The lowest BCUT2D eigenvalue weighted by Crippen LogP contribution is -2.40. The van der Waals surface area contributed by atoms with Crippen LogP contribution in [0.5, 0.6) is 0 Å². The van der Waals surface area contributed by atoms with Gasteiger partial charge in [-0.05, 0) is 39.3 Å². The fraction of sp³-hybridized carbons (Fsp3) is 0.688. The Bertz CT molecular complexity index is 769.